The molecule has 0 radical (unpaired) electrons. The first-order valence-corrected chi connectivity index (χ1v) is 7.66. The molecule has 1 aromatic heterocycles. The van der Waals surface area contributed by atoms with Crippen LogP contribution in [-0.4, -0.2) is 16.8 Å². The van der Waals surface area contributed by atoms with Crippen LogP contribution in [0.1, 0.15) is 26.3 Å². The number of aromatic nitrogens is 1. The number of carbonyl (C=O) groups excluding carboxylic acids is 2. The van der Waals surface area contributed by atoms with Crippen LogP contribution in [0.15, 0.2) is 66.9 Å². The molecule has 0 saturated heterocycles. The fourth-order valence-corrected chi connectivity index (χ4v) is 2.98. The summed E-state index contributed by atoms with van der Waals surface area (Å²) in [4.78, 5) is 30.6. The molecule has 0 fully saturated rings. The zero-order valence-corrected chi connectivity index (χ0v) is 13.1. The van der Waals surface area contributed by atoms with Crippen LogP contribution >= 0.6 is 0 Å². The number of anilines is 1. The first-order chi connectivity index (χ1) is 11.7. The molecule has 0 bridgehead atoms. The van der Waals surface area contributed by atoms with E-state index in [4.69, 9.17) is 0 Å². The van der Waals surface area contributed by atoms with Gasteiger partial charge < -0.3 is 0 Å². The van der Waals surface area contributed by atoms with Crippen LogP contribution in [0.4, 0.5) is 5.69 Å². The molecule has 0 atom stereocenters. The van der Waals surface area contributed by atoms with Gasteiger partial charge in [0, 0.05) is 11.8 Å². The highest BCUT2D eigenvalue weighted by atomic mass is 16.2. The minimum Gasteiger partial charge on any atom is -0.268 e. The van der Waals surface area contributed by atoms with E-state index in [2.05, 4.69) is 4.98 Å². The third-order valence-electron chi connectivity index (χ3n) is 4.20. The number of nitrogens with zero attached hydrogens (tertiary/aromatic N) is 2. The number of pyridine rings is 1. The van der Waals surface area contributed by atoms with Crippen LogP contribution in [0.5, 0.6) is 0 Å². The lowest BCUT2D eigenvalue weighted by Gasteiger charge is -2.14. The average Bonchev–Trinajstić information content (AvgIpc) is 2.87. The highest BCUT2D eigenvalue weighted by molar-refractivity contribution is 6.34. The summed E-state index contributed by atoms with van der Waals surface area (Å²) in [6.07, 6.45) is 1.75. The van der Waals surface area contributed by atoms with Gasteiger partial charge in [-0.2, -0.15) is 0 Å². The third-order valence-corrected chi connectivity index (χ3v) is 4.20. The van der Waals surface area contributed by atoms with E-state index in [1.165, 1.54) is 4.90 Å². The largest absolute Gasteiger partial charge is 0.268 e. The lowest BCUT2D eigenvalue weighted by molar-refractivity contribution is 0.0926. The average molecular weight is 314 g/mol. The normalized spacial score (nSPS) is 13.3. The predicted molar refractivity (Wildman–Crippen MR) is 92.0 cm³/mol. The van der Waals surface area contributed by atoms with Crippen molar-refractivity contribution in [2.45, 2.75) is 6.92 Å². The molecule has 3 aromatic rings. The predicted octanol–water partition coefficient (Wildman–Crippen LogP) is 3.86. The van der Waals surface area contributed by atoms with Crippen LogP contribution in [-0.2, 0) is 0 Å². The maximum absolute atomic E-state index is 12.5. The summed E-state index contributed by atoms with van der Waals surface area (Å²) < 4.78 is 0. The SMILES string of the molecule is Cc1cccnc1-c1ccc(N2C(=O)c3ccccc3C2=O)cc1. The zero-order chi connectivity index (χ0) is 16.7. The van der Waals surface area contributed by atoms with Crippen LogP contribution in [0, 0.1) is 6.92 Å². The number of hydrogen-bond acceptors (Lipinski definition) is 3. The smallest absolute Gasteiger partial charge is 0.266 e. The summed E-state index contributed by atoms with van der Waals surface area (Å²) in [5.74, 6) is -0.560. The second kappa shape index (κ2) is 5.42. The molecule has 2 amide bonds. The van der Waals surface area contributed by atoms with Crippen LogP contribution in [0.2, 0.25) is 0 Å². The number of fused-ring (bicyclic) bond motifs is 1. The number of imide groups is 1. The number of benzene rings is 2. The van der Waals surface area contributed by atoms with Crippen molar-refractivity contribution in [2.24, 2.45) is 0 Å². The second-order valence-corrected chi connectivity index (χ2v) is 5.71. The Balaban J connectivity index is 1.71. The van der Waals surface area contributed by atoms with Crippen LogP contribution < -0.4 is 4.90 Å². The van der Waals surface area contributed by atoms with Crippen LogP contribution in [0.25, 0.3) is 11.3 Å². The van der Waals surface area contributed by atoms with E-state index >= 15 is 0 Å². The monoisotopic (exact) mass is 314 g/mol. The van der Waals surface area contributed by atoms with Crippen molar-refractivity contribution >= 4 is 17.5 Å². The Bertz CT molecular complexity index is 926. The molecule has 4 heteroatoms. The quantitative estimate of drug-likeness (QED) is 0.675. The van der Waals surface area contributed by atoms with Gasteiger partial charge in [-0.1, -0.05) is 30.3 Å². The second-order valence-electron chi connectivity index (χ2n) is 5.71. The van der Waals surface area contributed by atoms with Crippen molar-refractivity contribution in [1.29, 1.82) is 0 Å². The maximum Gasteiger partial charge on any atom is 0.266 e. The fourth-order valence-electron chi connectivity index (χ4n) is 2.98. The lowest BCUT2D eigenvalue weighted by Crippen LogP contribution is -2.29. The van der Waals surface area contributed by atoms with E-state index < -0.39 is 0 Å². The maximum atomic E-state index is 12.5. The Labute approximate surface area is 139 Å². The van der Waals surface area contributed by atoms with Gasteiger partial charge >= 0.3 is 0 Å². The molecule has 0 spiro atoms. The summed E-state index contributed by atoms with van der Waals surface area (Å²) in [6, 6.07) is 18.1. The molecule has 4 nitrogen and oxygen atoms in total. The molecule has 1 aliphatic rings. The van der Waals surface area contributed by atoms with E-state index in [1.54, 1.807) is 42.6 Å². The molecule has 116 valence electrons. The number of amides is 2. The zero-order valence-electron chi connectivity index (χ0n) is 13.1. The number of hydrogen-bond donors (Lipinski definition) is 0. The molecule has 0 N–H and O–H groups in total. The van der Waals surface area contributed by atoms with E-state index in [0.717, 1.165) is 16.8 Å². The summed E-state index contributed by atoms with van der Waals surface area (Å²) in [5, 5.41) is 0. The van der Waals surface area contributed by atoms with Crippen molar-refractivity contribution in [3.8, 4) is 11.3 Å². The number of carbonyl (C=O) groups is 2. The Morgan fingerprint density at radius 1 is 0.792 bits per heavy atom. The topological polar surface area (TPSA) is 50.3 Å². The van der Waals surface area contributed by atoms with Crippen molar-refractivity contribution in [3.05, 3.63) is 83.6 Å². The molecular weight excluding hydrogens is 300 g/mol. The Morgan fingerprint density at radius 3 is 2.00 bits per heavy atom. The van der Waals surface area contributed by atoms with Gasteiger partial charge in [0.2, 0.25) is 0 Å². The molecule has 24 heavy (non-hydrogen) atoms. The van der Waals surface area contributed by atoms with E-state index in [1.807, 2.05) is 31.2 Å². The number of aryl methyl sites for hydroxylation is 1. The molecular formula is C20H14N2O2. The highest BCUT2D eigenvalue weighted by Crippen LogP contribution is 2.30. The Kier molecular flexibility index (Phi) is 3.24. The molecule has 0 unspecified atom stereocenters. The summed E-state index contributed by atoms with van der Waals surface area (Å²) in [7, 11) is 0. The van der Waals surface area contributed by atoms with Gasteiger partial charge in [-0.25, -0.2) is 4.90 Å². The van der Waals surface area contributed by atoms with E-state index in [9.17, 15) is 9.59 Å². The van der Waals surface area contributed by atoms with E-state index in [-0.39, 0.29) is 11.8 Å². The van der Waals surface area contributed by atoms with Gasteiger partial charge in [-0.15, -0.1) is 0 Å². The third kappa shape index (κ3) is 2.12. The summed E-state index contributed by atoms with van der Waals surface area (Å²) in [5.41, 5.74) is 4.39. The molecule has 4 rings (SSSR count). The van der Waals surface area contributed by atoms with Crippen molar-refractivity contribution in [3.63, 3.8) is 0 Å². The minimum absolute atomic E-state index is 0.280. The summed E-state index contributed by atoms with van der Waals surface area (Å²) >= 11 is 0. The standard InChI is InChI=1S/C20H14N2O2/c1-13-5-4-12-21-18(13)14-8-10-15(11-9-14)22-19(23)16-6-2-3-7-17(16)20(22)24/h2-12H,1H3. The molecule has 1 aliphatic heterocycles. The lowest BCUT2D eigenvalue weighted by atomic mass is 10.1. The van der Waals surface area contributed by atoms with Crippen molar-refractivity contribution in [1.82, 2.24) is 4.98 Å². The molecule has 0 aliphatic carbocycles. The van der Waals surface area contributed by atoms with Gasteiger partial charge in [-0.3, -0.25) is 14.6 Å². The first kappa shape index (κ1) is 14.3. The van der Waals surface area contributed by atoms with Gasteiger partial charge in [0.15, 0.2) is 0 Å². The molecule has 2 heterocycles. The molecule has 0 saturated carbocycles. The van der Waals surface area contributed by atoms with Gasteiger partial charge in [0.05, 0.1) is 22.5 Å². The highest BCUT2D eigenvalue weighted by Gasteiger charge is 2.36. The molecule has 2 aromatic carbocycles. The first-order valence-electron chi connectivity index (χ1n) is 7.66. The van der Waals surface area contributed by atoms with Crippen LogP contribution in [0.3, 0.4) is 0 Å². The fraction of sp³-hybridized carbons (Fsp3) is 0.0500. The van der Waals surface area contributed by atoms with Crippen molar-refractivity contribution in [2.75, 3.05) is 4.90 Å². The van der Waals surface area contributed by atoms with E-state index in [0.29, 0.717) is 16.8 Å². The Hall–Kier alpha value is -3.27. The van der Waals surface area contributed by atoms with Gasteiger partial charge in [0.1, 0.15) is 0 Å². The van der Waals surface area contributed by atoms with Gasteiger partial charge in [0.25, 0.3) is 11.8 Å². The number of rotatable bonds is 2. The van der Waals surface area contributed by atoms with Gasteiger partial charge in [-0.05, 0) is 42.8 Å². The summed E-state index contributed by atoms with van der Waals surface area (Å²) in [6.45, 7) is 2.00. The minimum atomic E-state index is -0.280. The Morgan fingerprint density at radius 2 is 1.42 bits per heavy atom. The van der Waals surface area contributed by atoms with Crippen molar-refractivity contribution < 1.29 is 9.59 Å².